The Bertz CT molecular complexity index is 566. The third-order valence-corrected chi connectivity index (χ3v) is 3.35. The van der Waals surface area contributed by atoms with Crippen LogP contribution in [0.1, 0.15) is 9.67 Å². The lowest BCUT2D eigenvalue weighted by Gasteiger charge is -2.05. The normalized spacial score (nSPS) is 10.2. The van der Waals surface area contributed by atoms with E-state index < -0.39 is 5.97 Å². The van der Waals surface area contributed by atoms with Crippen molar-refractivity contribution in [2.45, 2.75) is 0 Å². The second-order valence-electron chi connectivity index (χ2n) is 3.13. The van der Waals surface area contributed by atoms with E-state index in [0.29, 0.717) is 21.5 Å². The van der Waals surface area contributed by atoms with Crippen molar-refractivity contribution in [3.63, 3.8) is 0 Å². The van der Waals surface area contributed by atoms with Crippen molar-refractivity contribution in [2.24, 2.45) is 0 Å². The zero-order valence-corrected chi connectivity index (χ0v) is 10.6. The van der Waals surface area contributed by atoms with E-state index in [2.05, 4.69) is 0 Å². The van der Waals surface area contributed by atoms with Gasteiger partial charge in [0.1, 0.15) is 16.4 Å². The summed E-state index contributed by atoms with van der Waals surface area (Å²) in [4.78, 5) is 10.9. The lowest BCUT2D eigenvalue weighted by atomic mass is 10.3. The first-order chi connectivity index (χ1) is 8.06. The van der Waals surface area contributed by atoms with Crippen LogP contribution < -0.4 is 4.74 Å². The highest BCUT2D eigenvalue weighted by Gasteiger charge is 2.10. The summed E-state index contributed by atoms with van der Waals surface area (Å²) in [6.07, 6.45) is 0. The van der Waals surface area contributed by atoms with Gasteiger partial charge in [0.05, 0.1) is 5.02 Å². The Balaban J connectivity index is 2.25. The van der Waals surface area contributed by atoms with E-state index >= 15 is 0 Å². The first kappa shape index (κ1) is 12.2. The van der Waals surface area contributed by atoms with Gasteiger partial charge in [0, 0.05) is 22.5 Å². The molecule has 1 aromatic carbocycles. The number of halogens is 2. The van der Waals surface area contributed by atoms with E-state index in [1.807, 2.05) is 0 Å². The van der Waals surface area contributed by atoms with Crippen LogP contribution in [0.4, 0.5) is 0 Å². The van der Waals surface area contributed by atoms with Gasteiger partial charge in [-0.05, 0) is 12.1 Å². The molecular formula is C11H6Cl2O3S. The molecule has 1 N–H and O–H groups in total. The van der Waals surface area contributed by atoms with Crippen molar-refractivity contribution < 1.29 is 14.6 Å². The quantitative estimate of drug-likeness (QED) is 0.901. The number of rotatable bonds is 3. The number of aromatic carboxylic acids is 1. The van der Waals surface area contributed by atoms with E-state index in [-0.39, 0.29) is 4.88 Å². The van der Waals surface area contributed by atoms with Crippen LogP contribution in [0, 0.1) is 0 Å². The van der Waals surface area contributed by atoms with Gasteiger partial charge >= 0.3 is 5.97 Å². The minimum Gasteiger partial charge on any atom is -0.477 e. The molecule has 0 aliphatic carbocycles. The Kier molecular flexibility index (Phi) is 3.57. The zero-order chi connectivity index (χ0) is 12.4. The number of carboxylic acid groups (broad SMARTS) is 1. The molecule has 3 nitrogen and oxygen atoms in total. The van der Waals surface area contributed by atoms with Crippen molar-refractivity contribution >= 4 is 40.5 Å². The number of hydrogen-bond acceptors (Lipinski definition) is 3. The Morgan fingerprint density at radius 2 is 2.06 bits per heavy atom. The first-order valence-corrected chi connectivity index (χ1v) is 6.14. The van der Waals surface area contributed by atoms with E-state index in [9.17, 15) is 4.79 Å². The number of benzene rings is 1. The molecule has 0 aliphatic heterocycles. The SMILES string of the molecule is O=C(O)c1cc(Oc2cc(Cl)ccc2Cl)cs1. The highest BCUT2D eigenvalue weighted by molar-refractivity contribution is 7.12. The predicted octanol–water partition coefficient (Wildman–Crippen LogP) is 4.55. The molecule has 0 unspecified atom stereocenters. The summed E-state index contributed by atoms with van der Waals surface area (Å²) in [6, 6.07) is 6.27. The van der Waals surface area contributed by atoms with Gasteiger partial charge in [0.25, 0.3) is 0 Å². The van der Waals surface area contributed by atoms with Crippen LogP contribution in [0.25, 0.3) is 0 Å². The summed E-state index contributed by atoms with van der Waals surface area (Å²) in [5.74, 6) is -0.160. The zero-order valence-electron chi connectivity index (χ0n) is 8.31. The predicted molar refractivity (Wildman–Crippen MR) is 67.8 cm³/mol. The molecule has 0 saturated carbocycles. The van der Waals surface area contributed by atoms with Gasteiger partial charge < -0.3 is 9.84 Å². The summed E-state index contributed by atoms with van der Waals surface area (Å²) in [6.45, 7) is 0. The monoisotopic (exact) mass is 288 g/mol. The van der Waals surface area contributed by atoms with Crippen LogP contribution >= 0.6 is 34.5 Å². The Morgan fingerprint density at radius 1 is 1.29 bits per heavy atom. The average molecular weight is 289 g/mol. The number of ether oxygens (including phenoxy) is 1. The first-order valence-electron chi connectivity index (χ1n) is 4.51. The van der Waals surface area contributed by atoms with Crippen molar-refractivity contribution in [2.75, 3.05) is 0 Å². The Morgan fingerprint density at radius 3 is 2.71 bits per heavy atom. The number of carboxylic acids is 1. The maximum atomic E-state index is 10.7. The highest BCUT2D eigenvalue weighted by Crippen LogP contribution is 2.33. The smallest absolute Gasteiger partial charge is 0.346 e. The molecule has 0 amide bonds. The minimum absolute atomic E-state index is 0.207. The van der Waals surface area contributed by atoms with E-state index in [0.717, 1.165) is 11.3 Å². The largest absolute Gasteiger partial charge is 0.477 e. The number of carbonyl (C=O) groups is 1. The van der Waals surface area contributed by atoms with Gasteiger partial charge in [-0.15, -0.1) is 11.3 Å². The molecule has 2 aromatic rings. The molecule has 0 spiro atoms. The summed E-state index contributed by atoms with van der Waals surface area (Å²) >= 11 is 12.8. The van der Waals surface area contributed by atoms with E-state index in [1.54, 1.807) is 23.6 Å². The third kappa shape index (κ3) is 2.91. The fraction of sp³-hybridized carbons (Fsp3) is 0. The summed E-state index contributed by atoms with van der Waals surface area (Å²) in [7, 11) is 0. The van der Waals surface area contributed by atoms with Gasteiger partial charge in [0.15, 0.2) is 0 Å². The van der Waals surface area contributed by atoms with Gasteiger partial charge in [-0.3, -0.25) is 0 Å². The van der Waals surface area contributed by atoms with Crippen molar-refractivity contribution in [3.05, 3.63) is 44.6 Å². The highest BCUT2D eigenvalue weighted by atomic mass is 35.5. The van der Waals surface area contributed by atoms with Gasteiger partial charge in [-0.25, -0.2) is 4.79 Å². The molecule has 1 aromatic heterocycles. The minimum atomic E-state index is -0.984. The van der Waals surface area contributed by atoms with Crippen LogP contribution in [0.2, 0.25) is 10.0 Å². The average Bonchev–Trinajstić information content (AvgIpc) is 2.72. The fourth-order valence-electron chi connectivity index (χ4n) is 1.17. The maximum Gasteiger partial charge on any atom is 0.346 e. The van der Waals surface area contributed by atoms with Crippen LogP contribution in [0.15, 0.2) is 29.6 Å². The summed E-state index contributed by atoms with van der Waals surface area (Å²) in [5.41, 5.74) is 0. The topological polar surface area (TPSA) is 46.5 Å². The van der Waals surface area contributed by atoms with Crippen molar-refractivity contribution in [1.82, 2.24) is 0 Å². The molecule has 0 radical (unpaired) electrons. The Labute approximate surface area is 111 Å². The molecule has 0 bridgehead atoms. The standard InChI is InChI=1S/C11H6Cl2O3S/c12-6-1-2-8(13)9(3-6)16-7-4-10(11(14)15)17-5-7/h1-5H,(H,14,15). The molecule has 1 heterocycles. The molecular weight excluding hydrogens is 283 g/mol. The molecule has 0 fully saturated rings. The maximum absolute atomic E-state index is 10.7. The number of thiophene rings is 1. The lowest BCUT2D eigenvalue weighted by Crippen LogP contribution is -1.90. The van der Waals surface area contributed by atoms with E-state index in [1.165, 1.54) is 6.07 Å². The van der Waals surface area contributed by atoms with Crippen LogP contribution in [0.5, 0.6) is 11.5 Å². The molecule has 0 saturated heterocycles. The van der Waals surface area contributed by atoms with Crippen LogP contribution in [-0.4, -0.2) is 11.1 Å². The molecule has 0 atom stereocenters. The van der Waals surface area contributed by atoms with Crippen molar-refractivity contribution in [1.29, 1.82) is 0 Å². The second kappa shape index (κ2) is 4.96. The van der Waals surface area contributed by atoms with Gasteiger partial charge in [-0.1, -0.05) is 23.2 Å². The molecule has 2 rings (SSSR count). The van der Waals surface area contributed by atoms with Gasteiger partial charge in [0.2, 0.25) is 0 Å². The summed E-state index contributed by atoms with van der Waals surface area (Å²) < 4.78 is 5.45. The Hall–Kier alpha value is -1.23. The second-order valence-corrected chi connectivity index (χ2v) is 4.88. The van der Waals surface area contributed by atoms with Crippen LogP contribution in [0.3, 0.4) is 0 Å². The van der Waals surface area contributed by atoms with Crippen LogP contribution in [-0.2, 0) is 0 Å². The van der Waals surface area contributed by atoms with Gasteiger partial charge in [-0.2, -0.15) is 0 Å². The summed E-state index contributed by atoms with van der Waals surface area (Å²) in [5, 5.41) is 11.3. The number of hydrogen-bond donors (Lipinski definition) is 1. The molecule has 0 aliphatic rings. The molecule has 6 heteroatoms. The van der Waals surface area contributed by atoms with E-state index in [4.69, 9.17) is 33.0 Å². The lowest BCUT2D eigenvalue weighted by molar-refractivity contribution is 0.0702. The molecule has 88 valence electrons. The molecule has 17 heavy (non-hydrogen) atoms. The third-order valence-electron chi connectivity index (χ3n) is 1.91. The fourth-order valence-corrected chi connectivity index (χ4v) is 2.13. The van der Waals surface area contributed by atoms with Crippen molar-refractivity contribution in [3.8, 4) is 11.5 Å².